The third-order valence-corrected chi connectivity index (χ3v) is 3.24. The summed E-state index contributed by atoms with van der Waals surface area (Å²) in [7, 11) is 0. The van der Waals surface area contributed by atoms with Gasteiger partial charge in [0.15, 0.2) is 0 Å². The van der Waals surface area contributed by atoms with Crippen LogP contribution in [0.25, 0.3) is 0 Å². The Morgan fingerprint density at radius 1 is 1.18 bits per heavy atom. The van der Waals surface area contributed by atoms with Gasteiger partial charge in [-0.05, 0) is 37.5 Å². The quantitative estimate of drug-likeness (QED) is 0.749. The van der Waals surface area contributed by atoms with Crippen LogP contribution in [0.15, 0.2) is 0 Å². The van der Waals surface area contributed by atoms with E-state index in [0.717, 1.165) is 0 Å². The number of hydrogen-bond donors (Lipinski definition) is 2. The fourth-order valence-corrected chi connectivity index (χ4v) is 2.10. The number of halogens is 3. The van der Waals surface area contributed by atoms with Gasteiger partial charge in [0.1, 0.15) is 6.54 Å². The Morgan fingerprint density at radius 2 is 1.71 bits per heavy atom. The number of carbonyl (C=O) groups excluding carboxylic acids is 1. The maximum Gasteiger partial charge on any atom is 0.405 e. The molecule has 1 amide bonds. The summed E-state index contributed by atoms with van der Waals surface area (Å²) in [6.07, 6.45) is 0.384. The highest BCUT2D eigenvalue weighted by Crippen LogP contribution is 2.44. The van der Waals surface area contributed by atoms with Gasteiger partial charge in [-0.15, -0.1) is 0 Å². The first-order chi connectivity index (χ1) is 7.96. The van der Waals surface area contributed by atoms with Crippen molar-refractivity contribution >= 4 is 5.91 Å². The average Bonchev–Trinajstić information content (AvgIpc) is 3.06. The molecule has 2 aliphatic rings. The number of hydrogen-bond acceptors (Lipinski definition) is 2. The topological polar surface area (TPSA) is 41.1 Å². The highest BCUT2D eigenvalue weighted by atomic mass is 19.4. The lowest BCUT2D eigenvalue weighted by atomic mass is 10.1. The summed E-state index contributed by atoms with van der Waals surface area (Å²) in [6.45, 7) is -1.25. The van der Waals surface area contributed by atoms with Gasteiger partial charge in [0, 0.05) is 6.04 Å². The van der Waals surface area contributed by atoms with Crippen molar-refractivity contribution in [2.24, 2.45) is 11.8 Å². The van der Waals surface area contributed by atoms with Gasteiger partial charge in [0.2, 0.25) is 5.91 Å². The van der Waals surface area contributed by atoms with Gasteiger partial charge >= 0.3 is 6.18 Å². The molecule has 2 fully saturated rings. The molecule has 0 aromatic heterocycles. The normalized spacial score (nSPS) is 20.7. The Morgan fingerprint density at radius 3 is 2.12 bits per heavy atom. The van der Waals surface area contributed by atoms with Crippen LogP contribution in [-0.2, 0) is 4.79 Å². The predicted molar refractivity (Wildman–Crippen MR) is 56.3 cm³/mol. The molecule has 0 aromatic rings. The van der Waals surface area contributed by atoms with E-state index in [1.54, 1.807) is 0 Å². The van der Waals surface area contributed by atoms with Crippen LogP contribution in [0.1, 0.15) is 25.7 Å². The Bertz CT molecular complexity index is 273. The monoisotopic (exact) mass is 250 g/mol. The van der Waals surface area contributed by atoms with Crippen molar-refractivity contribution < 1.29 is 18.0 Å². The number of carbonyl (C=O) groups is 1. The second kappa shape index (κ2) is 4.84. The molecule has 17 heavy (non-hydrogen) atoms. The molecule has 0 unspecified atom stereocenters. The first-order valence-corrected chi connectivity index (χ1v) is 6.02. The molecule has 2 saturated carbocycles. The van der Waals surface area contributed by atoms with E-state index < -0.39 is 18.6 Å². The molecule has 0 aromatic carbocycles. The van der Waals surface area contributed by atoms with Crippen LogP contribution in [-0.4, -0.2) is 31.2 Å². The lowest BCUT2D eigenvalue weighted by Gasteiger charge is -2.17. The fraction of sp³-hybridized carbons (Fsp3) is 0.909. The molecule has 3 nitrogen and oxygen atoms in total. The molecule has 0 atom stereocenters. The van der Waals surface area contributed by atoms with Crippen molar-refractivity contribution in [3.8, 4) is 0 Å². The Labute approximate surface area is 98.1 Å². The largest absolute Gasteiger partial charge is 0.405 e. The van der Waals surface area contributed by atoms with Crippen molar-refractivity contribution in [1.82, 2.24) is 10.6 Å². The van der Waals surface area contributed by atoms with E-state index in [1.807, 2.05) is 5.32 Å². The maximum atomic E-state index is 11.9. The van der Waals surface area contributed by atoms with Gasteiger partial charge in [-0.3, -0.25) is 4.79 Å². The van der Waals surface area contributed by atoms with E-state index in [0.29, 0.717) is 17.9 Å². The van der Waals surface area contributed by atoms with Crippen molar-refractivity contribution in [1.29, 1.82) is 0 Å². The molecule has 0 spiro atoms. The van der Waals surface area contributed by atoms with Crippen LogP contribution in [0.3, 0.4) is 0 Å². The van der Waals surface area contributed by atoms with Crippen LogP contribution in [0.5, 0.6) is 0 Å². The molecule has 0 aliphatic heterocycles. The average molecular weight is 250 g/mol. The zero-order chi connectivity index (χ0) is 12.5. The summed E-state index contributed by atoms with van der Waals surface area (Å²) in [5.41, 5.74) is 0. The highest BCUT2D eigenvalue weighted by Gasteiger charge is 2.41. The lowest BCUT2D eigenvalue weighted by molar-refractivity contribution is -0.138. The van der Waals surface area contributed by atoms with Crippen LogP contribution in [0, 0.1) is 11.8 Å². The number of rotatable bonds is 6. The second-order valence-electron chi connectivity index (χ2n) is 4.97. The zero-order valence-corrected chi connectivity index (χ0v) is 9.52. The summed E-state index contributed by atoms with van der Waals surface area (Å²) < 4.78 is 35.6. The minimum atomic E-state index is -4.33. The Balaban J connectivity index is 1.64. The fourth-order valence-electron chi connectivity index (χ4n) is 2.10. The molecule has 6 heteroatoms. The number of alkyl halides is 3. The van der Waals surface area contributed by atoms with E-state index in [4.69, 9.17) is 0 Å². The highest BCUT2D eigenvalue weighted by molar-refractivity contribution is 5.78. The van der Waals surface area contributed by atoms with Crippen LogP contribution in [0.4, 0.5) is 13.2 Å². The third kappa shape index (κ3) is 4.53. The summed E-state index contributed by atoms with van der Waals surface area (Å²) in [5.74, 6) is 0.699. The Kier molecular flexibility index (Phi) is 3.61. The molecule has 2 aliphatic carbocycles. The first-order valence-electron chi connectivity index (χ1n) is 6.02. The van der Waals surface area contributed by atoms with E-state index in [-0.39, 0.29) is 6.54 Å². The summed E-state index contributed by atoms with van der Waals surface area (Å²) in [4.78, 5) is 11.2. The summed E-state index contributed by atoms with van der Waals surface area (Å²) in [5, 5.41) is 4.97. The van der Waals surface area contributed by atoms with E-state index in [9.17, 15) is 18.0 Å². The smallest absolute Gasteiger partial charge is 0.346 e. The van der Waals surface area contributed by atoms with Gasteiger partial charge in [0.25, 0.3) is 0 Å². The molecular weight excluding hydrogens is 233 g/mol. The molecular formula is C11H17F3N2O. The Hall–Kier alpha value is -0.780. The lowest BCUT2D eigenvalue weighted by Crippen LogP contribution is -2.43. The van der Waals surface area contributed by atoms with Crippen LogP contribution >= 0.6 is 0 Å². The molecule has 2 N–H and O–H groups in total. The molecule has 0 radical (unpaired) electrons. The van der Waals surface area contributed by atoms with Gasteiger partial charge in [-0.1, -0.05) is 0 Å². The summed E-state index contributed by atoms with van der Waals surface area (Å²) in [6, 6.07) is 0.339. The van der Waals surface area contributed by atoms with Gasteiger partial charge in [-0.25, -0.2) is 0 Å². The second-order valence-corrected chi connectivity index (χ2v) is 4.97. The SMILES string of the molecule is O=C(CNC(C1CC1)C1CC1)NCC(F)(F)F. The summed E-state index contributed by atoms with van der Waals surface area (Å²) >= 11 is 0. The van der Waals surface area contributed by atoms with Crippen molar-refractivity contribution in [3.05, 3.63) is 0 Å². The molecule has 0 heterocycles. The minimum Gasteiger partial charge on any atom is -0.346 e. The maximum absolute atomic E-state index is 11.9. The van der Waals surface area contributed by atoms with Gasteiger partial charge in [0.05, 0.1) is 6.54 Å². The van der Waals surface area contributed by atoms with Crippen molar-refractivity contribution in [2.75, 3.05) is 13.1 Å². The number of nitrogens with one attached hydrogen (secondary N) is 2. The molecule has 0 saturated heterocycles. The van der Waals surface area contributed by atoms with E-state index in [1.165, 1.54) is 25.7 Å². The van der Waals surface area contributed by atoms with Crippen molar-refractivity contribution in [3.63, 3.8) is 0 Å². The van der Waals surface area contributed by atoms with E-state index >= 15 is 0 Å². The zero-order valence-electron chi connectivity index (χ0n) is 9.52. The molecule has 2 rings (SSSR count). The van der Waals surface area contributed by atoms with Gasteiger partial charge in [-0.2, -0.15) is 13.2 Å². The molecule has 0 bridgehead atoms. The van der Waals surface area contributed by atoms with Crippen LogP contribution in [0.2, 0.25) is 0 Å². The van der Waals surface area contributed by atoms with Gasteiger partial charge < -0.3 is 10.6 Å². The predicted octanol–water partition coefficient (Wildman–Crippen LogP) is 1.44. The standard InChI is InChI=1S/C11H17F3N2O/c12-11(13,14)6-16-9(17)5-15-10(7-1-2-7)8-3-4-8/h7-8,10,15H,1-6H2,(H,16,17). The number of amides is 1. The molecule has 98 valence electrons. The van der Waals surface area contributed by atoms with Crippen LogP contribution < -0.4 is 10.6 Å². The third-order valence-electron chi connectivity index (χ3n) is 3.24. The van der Waals surface area contributed by atoms with Crippen molar-refractivity contribution in [2.45, 2.75) is 37.9 Å². The van der Waals surface area contributed by atoms with E-state index in [2.05, 4.69) is 5.32 Å². The first kappa shape index (κ1) is 12.7. The minimum absolute atomic E-state index is 0.00620.